The minimum absolute atomic E-state index is 0.230. The first kappa shape index (κ1) is 13.4. The maximum atomic E-state index is 11.9. The van der Waals surface area contributed by atoms with Crippen molar-refractivity contribution < 1.29 is 9.53 Å². The summed E-state index contributed by atoms with van der Waals surface area (Å²) in [6, 6.07) is 2.20. The van der Waals surface area contributed by atoms with Crippen LogP contribution in [0.15, 0.2) is 11.4 Å². The second kappa shape index (κ2) is 4.92. The van der Waals surface area contributed by atoms with Crippen molar-refractivity contribution in [2.24, 2.45) is 0 Å². The van der Waals surface area contributed by atoms with Crippen LogP contribution in [0.25, 0.3) is 0 Å². The topological polar surface area (TPSA) is 29.5 Å². The molecule has 1 aliphatic carbocycles. The van der Waals surface area contributed by atoms with Crippen molar-refractivity contribution in [2.75, 3.05) is 13.6 Å². The maximum absolute atomic E-state index is 11.9. The summed E-state index contributed by atoms with van der Waals surface area (Å²) in [5, 5.41) is 2.14. The van der Waals surface area contributed by atoms with Crippen LogP contribution >= 0.6 is 11.3 Å². The summed E-state index contributed by atoms with van der Waals surface area (Å²) in [5.41, 5.74) is 1.00. The van der Waals surface area contributed by atoms with Crippen LogP contribution in [0, 0.1) is 0 Å². The second-order valence-electron chi connectivity index (χ2n) is 5.90. The lowest BCUT2D eigenvalue weighted by Gasteiger charge is -2.26. The Morgan fingerprint density at radius 1 is 1.56 bits per heavy atom. The van der Waals surface area contributed by atoms with Gasteiger partial charge in [0.05, 0.1) is 0 Å². The predicted octanol–water partition coefficient (Wildman–Crippen LogP) is 3.64. The van der Waals surface area contributed by atoms with Gasteiger partial charge >= 0.3 is 6.09 Å². The number of hydrogen-bond donors (Lipinski definition) is 0. The number of nitrogens with zero attached hydrogens (tertiary/aromatic N) is 1. The zero-order valence-corrected chi connectivity index (χ0v) is 12.3. The van der Waals surface area contributed by atoms with Crippen LogP contribution in [-0.4, -0.2) is 30.2 Å². The summed E-state index contributed by atoms with van der Waals surface area (Å²) < 4.78 is 5.37. The van der Waals surface area contributed by atoms with E-state index in [9.17, 15) is 4.79 Å². The van der Waals surface area contributed by atoms with Crippen LogP contribution in [0.2, 0.25) is 0 Å². The van der Waals surface area contributed by atoms with Gasteiger partial charge in [-0.05, 0) is 50.6 Å². The molecule has 1 aromatic rings. The van der Waals surface area contributed by atoms with E-state index in [4.69, 9.17) is 4.74 Å². The second-order valence-corrected chi connectivity index (χ2v) is 6.90. The smallest absolute Gasteiger partial charge is 0.410 e. The molecule has 0 aromatic carbocycles. The third-order valence-electron chi connectivity index (χ3n) is 3.14. The van der Waals surface area contributed by atoms with Crippen molar-refractivity contribution in [3.8, 4) is 0 Å². The highest BCUT2D eigenvalue weighted by Crippen LogP contribution is 2.36. The van der Waals surface area contributed by atoms with Gasteiger partial charge in [0.1, 0.15) is 5.60 Å². The van der Waals surface area contributed by atoms with Crippen molar-refractivity contribution in [3.63, 3.8) is 0 Å². The molecule has 0 fully saturated rings. The molecule has 1 amide bonds. The molecule has 4 heteroatoms. The Morgan fingerprint density at radius 3 is 2.94 bits per heavy atom. The van der Waals surface area contributed by atoms with Crippen LogP contribution < -0.4 is 0 Å². The lowest BCUT2D eigenvalue weighted by Crippen LogP contribution is -2.36. The molecule has 100 valence electrons. The van der Waals surface area contributed by atoms with Crippen LogP contribution in [0.3, 0.4) is 0 Å². The lowest BCUT2D eigenvalue weighted by atomic mass is 10.0. The van der Waals surface area contributed by atoms with Crippen molar-refractivity contribution in [3.05, 3.63) is 21.9 Å². The molecule has 3 nitrogen and oxygen atoms in total. The third-order valence-corrected chi connectivity index (χ3v) is 4.14. The molecular weight excluding hydrogens is 246 g/mol. The number of carbonyl (C=O) groups excluding carboxylic acids is 1. The Bertz CT molecular complexity index is 433. The number of amides is 1. The zero-order chi connectivity index (χ0) is 13.3. The fraction of sp³-hybridized carbons (Fsp3) is 0.643. The molecular formula is C14H21NO2S. The number of likely N-dealkylation sites (N-methyl/N-ethyl adjacent to an activating group) is 1. The van der Waals surface area contributed by atoms with E-state index in [2.05, 4.69) is 11.4 Å². The Morgan fingerprint density at radius 2 is 2.28 bits per heavy atom. The average molecular weight is 267 g/mol. The van der Waals surface area contributed by atoms with E-state index < -0.39 is 5.60 Å². The van der Waals surface area contributed by atoms with Crippen LogP contribution in [-0.2, 0) is 11.2 Å². The van der Waals surface area contributed by atoms with Crippen LogP contribution in [0.4, 0.5) is 4.79 Å². The summed E-state index contributed by atoms with van der Waals surface area (Å²) in [6.07, 6.45) is 2.07. The molecule has 1 atom stereocenters. The average Bonchev–Trinajstić information content (AvgIpc) is 2.80. The van der Waals surface area contributed by atoms with E-state index in [1.54, 1.807) is 4.90 Å². The number of rotatable bonds is 2. The van der Waals surface area contributed by atoms with Crippen molar-refractivity contribution >= 4 is 17.4 Å². The normalized spacial score (nSPS) is 18.6. The molecule has 0 N–H and O–H groups in total. The molecule has 1 aliphatic rings. The fourth-order valence-electron chi connectivity index (χ4n) is 2.31. The van der Waals surface area contributed by atoms with Crippen LogP contribution in [0.1, 0.15) is 43.6 Å². The molecule has 0 saturated carbocycles. The first-order valence-corrected chi connectivity index (χ1v) is 7.25. The van der Waals surface area contributed by atoms with Gasteiger partial charge in [0, 0.05) is 24.4 Å². The number of fused-ring (bicyclic) bond motifs is 1. The van der Waals surface area contributed by atoms with E-state index in [1.807, 2.05) is 39.2 Å². The maximum Gasteiger partial charge on any atom is 0.410 e. The summed E-state index contributed by atoms with van der Waals surface area (Å²) >= 11 is 1.83. The summed E-state index contributed by atoms with van der Waals surface area (Å²) in [7, 11) is 1.82. The molecule has 0 saturated heterocycles. The highest BCUT2D eigenvalue weighted by molar-refractivity contribution is 7.10. The number of aryl methyl sites for hydroxylation is 1. The number of hydrogen-bond acceptors (Lipinski definition) is 3. The molecule has 0 spiro atoms. The monoisotopic (exact) mass is 267 g/mol. The van der Waals surface area contributed by atoms with Gasteiger partial charge in [0.2, 0.25) is 0 Å². The zero-order valence-electron chi connectivity index (χ0n) is 11.5. The highest BCUT2D eigenvalue weighted by Gasteiger charge is 2.27. The molecule has 1 heterocycles. The largest absolute Gasteiger partial charge is 0.444 e. The molecule has 2 rings (SSSR count). The Kier molecular flexibility index (Phi) is 3.66. The van der Waals surface area contributed by atoms with Gasteiger partial charge < -0.3 is 9.64 Å². The van der Waals surface area contributed by atoms with Gasteiger partial charge in [-0.3, -0.25) is 0 Å². The van der Waals surface area contributed by atoms with Gasteiger partial charge in [-0.15, -0.1) is 11.3 Å². The summed E-state index contributed by atoms with van der Waals surface area (Å²) in [4.78, 5) is 15.1. The molecule has 1 aromatic heterocycles. The molecule has 0 bridgehead atoms. The first-order chi connectivity index (χ1) is 8.37. The lowest BCUT2D eigenvalue weighted by molar-refractivity contribution is 0.0289. The Balaban J connectivity index is 1.93. The van der Waals surface area contributed by atoms with E-state index in [-0.39, 0.29) is 6.09 Å². The highest BCUT2D eigenvalue weighted by atomic mass is 32.1. The van der Waals surface area contributed by atoms with E-state index in [0.29, 0.717) is 5.92 Å². The van der Waals surface area contributed by atoms with Crippen LogP contribution in [0.5, 0.6) is 0 Å². The minimum atomic E-state index is -0.422. The van der Waals surface area contributed by atoms with Gasteiger partial charge in [-0.2, -0.15) is 0 Å². The quantitative estimate of drug-likeness (QED) is 0.818. The molecule has 0 unspecified atom stereocenters. The van der Waals surface area contributed by atoms with Gasteiger partial charge in [0.25, 0.3) is 0 Å². The Labute approximate surface area is 113 Å². The number of thiophene rings is 1. The van der Waals surface area contributed by atoms with E-state index in [0.717, 1.165) is 19.4 Å². The third kappa shape index (κ3) is 3.05. The fourth-order valence-corrected chi connectivity index (χ4v) is 3.30. The standard InChI is InChI=1S/C14H21NO2S/c1-14(2,3)17-13(16)15(4)9-10-5-6-12-11(10)7-8-18-12/h7-8,10H,5-6,9H2,1-4H3/t10-/m0/s1. The van der Waals surface area contributed by atoms with Gasteiger partial charge in [-0.25, -0.2) is 4.79 Å². The minimum Gasteiger partial charge on any atom is -0.444 e. The molecule has 0 radical (unpaired) electrons. The Hall–Kier alpha value is -1.03. The van der Waals surface area contributed by atoms with Crippen molar-refractivity contribution in [2.45, 2.75) is 45.1 Å². The SMILES string of the molecule is CN(C[C@@H]1CCc2sccc21)C(=O)OC(C)(C)C. The molecule has 18 heavy (non-hydrogen) atoms. The summed E-state index contributed by atoms with van der Waals surface area (Å²) in [6.45, 7) is 6.43. The number of carbonyl (C=O) groups is 1. The van der Waals surface area contributed by atoms with Gasteiger partial charge in [-0.1, -0.05) is 0 Å². The predicted molar refractivity (Wildman–Crippen MR) is 74.2 cm³/mol. The summed E-state index contributed by atoms with van der Waals surface area (Å²) in [5.74, 6) is 0.476. The van der Waals surface area contributed by atoms with E-state index in [1.165, 1.54) is 10.4 Å². The van der Waals surface area contributed by atoms with Crippen molar-refractivity contribution in [1.29, 1.82) is 0 Å². The van der Waals surface area contributed by atoms with E-state index >= 15 is 0 Å². The number of ether oxygens (including phenoxy) is 1. The van der Waals surface area contributed by atoms with Gasteiger partial charge in [0.15, 0.2) is 0 Å². The first-order valence-electron chi connectivity index (χ1n) is 6.37. The van der Waals surface area contributed by atoms with Crippen molar-refractivity contribution in [1.82, 2.24) is 4.90 Å². The molecule has 0 aliphatic heterocycles.